The van der Waals surface area contributed by atoms with Crippen LogP contribution in [0.4, 0.5) is 0 Å². The molecule has 0 aromatic carbocycles. The number of hydrogen-bond donors (Lipinski definition) is 1. The van der Waals surface area contributed by atoms with Crippen molar-refractivity contribution in [2.24, 2.45) is 5.41 Å². The number of nitrogens with one attached hydrogen (secondary N) is 1. The molecule has 1 amide bonds. The van der Waals surface area contributed by atoms with Gasteiger partial charge in [-0.3, -0.25) is 4.79 Å². The normalized spacial score (nSPS) is 13.6. The Kier molecular flexibility index (Phi) is 4.17. The summed E-state index contributed by atoms with van der Waals surface area (Å²) >= 11 is 7.15. The number of alkyl halides is 1. The lowest BCUT2D eigenvalue weighted by molar-refractivity contribution is -0.120. The molecule has 1 heterocycles. The van der Waals surface area contributed by atoms with E-state index in [0.717, 1.165) is 0 Å². The molecule has 15 heavy (non-hydrogen) atoms. The van der Waals surface area contributed by atoms with Gasteiger partial charge < -0.3 is 5.32 Å². The van der Waals surface area contributed by atoms with Crippen LogP contribution in [0.15, 0.2) is 17.5 Å². The summed E-state index contributed by atoms with van der Waals surface area (Å²) in [5.74, 6) is -0.109. The summed E-state index contributed by atoms with van der Waals surface area (Å²) in [5, 5.41) is 4.96. The zero-order chi connectivity index (χ0) is 11.5. The molecule has 1 rings (SSSR count). The molecule has 0 aliphatic carbocycles. The second-order valence-electron chi connectivity index (χ2n) is 4.52. The summed E-state index contributed by atoms with van der Waals surface area (Å²) in [6, 6.07) is 4.06. The molecule has 4 heteroatoms. The van der Waals surface area contributed by atoms with Gasteiger partial charge in [0.05, 0.1) is 6.04 Å². The van der Waals surface area contributed by atoms with Crippen molar-refractivity contribution in [2.75, 3.05) is 5.88 Å². The first kappa shape index (κ1) is 12.5. The minimum Gasteiger partial charge on any atom is -0.347 e. The minimum absolute atomic E-state index is 0.00737. The molecule has 2 nitrogen and oxygen atoms in total. The van der Waals surface area contributed by atoms with Gasteiger partial charge in [0.1, 0.15) is 5.88 Å². The summed E-state index contributed by atoms with van der Waals surface area (Å²) in [6.07, 6.45) is 0. The van der Waals surface area contributed by atoms with Gasteiger partial charge in [-0.1, -0.05) is 26.8 Å². The second-order valence-corrected chi connectivity index (χ2v) is 5.76. The van der Waals surface area contributed by atoms with Gasteiger partial charge in [-0.15, -0.1) is 22.9 Å². The highest BCUT2D eigenvalue weighted by molar-refractivity contribution is 7.10. The van der Waals surface area contributed by atoms with Gasteiger partial charge >= 0.3 is 0 Å². The van der Waals surface area contributed by atoms with E-state index in [1.54, 1.807) is 11.3 Å². The Morgan fingerprint density at radius 1 is 1.60 bits per heavy atom. The third-order valence-corrected chi connectivity index (χ3v) is 3.30. The molecule has 0 spiro atoms. The van der Waals surface area contributed by atoms with E-state index in [1.807, 2.05) is 17.5 Å². The van der Waals surface area contributed by atoms with Crippen LogP contribution in [0.1, 0.15) is 31.7 Å². The number of halogens is 1. The van der Waals surface area contributed by atoms with Crippen molar-refractivity contribution in [1.82, 2.24) is 5.32 Å². The van der Waals surface area contributed by atoms with E-state index in [0.29, 0.717) is 0 Å². The van der Waals surface area contributed by atoms with Crippen LogP contribution in [-0.2, 0) is 4.79 Å². The van der Waals surface area contributed by atoms with Crippen LogP contribution < -0.4 is 5.32 Å². The fraction of sp³-hybridized carbons (Fsp3) is 0.545. The number of carbonyl (C=O) groups excluding carboxylic acids is 1. The Bertz CT molecular complexity index is 316. The van der Waals surface area contributed by atoms with Crippen LogP contribution in [0.2, 0.25) is 0 Å². The van der Waals surface area contributed by atoms with Crippen LogP contribution in [0.5, 0.6) is 0 Å². The van der Waals surface area contributed by atoms with Gasteiger partial charge in [0.2, 0.25) is 5.91 Å². The van der Waals surface area contributed by atoms with Crippen LogP contribution >= 0.6 is 22.9 Å². The molecular weight excluding hydrogens is 230 g/mol. The van der Waals surface area contributed by atoms with Crippen molar-refractivity contribution in [2.45, 2.75) is 26.8 Å². The van der Waals surface area contributed by atoms with Crippen LogP contribution in [0, 0.1) is 5.41 Å². The molecule has 1 atom stereocenters. The van der Waals surface area contributed by atoms with Crippen LogP contribution in [0.25, 0.3) is 0 Å². The fourth-order valence-electron chi connectivity index (χ4n) is 1.37. The van der Waals surface area contributed by atoms with Crippen molar-refractivity contribution in [1.29, 1.82) is 0 Å². The van der Waals surface area contributed by atoms with E-state index in [-0.39, 0.29) is 23.2 Å². The van der Waals surface area contributed by atoms with E-state index in [9.17, 15) is 4.79 Å². The number of carbonyl (C=O) groups is 1. The van der Waals surface area contributed by atoms with Crippen molar-refractivity contribution < 1.29 is 4.79 Å². The standard InChI is InChI=1S/C11H16ClNOS/c1-11(2,3)10(13-9(14)7-12)8-5-4-6-15-8/h4-6,10H,7H2,1-3H3,(H,13,14)/t10-/m1/s1. The first-order valence-corrected chi connectivity index (χ1v) is 6.25. The van der Waals surface area contributed by atoms with Gasteiger partial charge in [-0.05, 0) is 16.9 Å². The minimum atomic E-state index is -0.120. The molecule has 0 aliphatic heterocycles. The number of rotatable bonds is 3. The van der Waals surface area contributed by atoms with Gasteiger partial charge in [0, 0.05) is 4.88 Å². The Balaban J connectivity index is 2.85. The summed E-state index contributed by atoms with van der Waals surface area (Å²) in [6.45, 7) is 6.31. The summed E-state index contributed by atoms with van der Waals surface area (Å²) in [5.41, 5.74) is -0.00737. The maximum atomic E-state index is 11.3. The molecule has 84 valence electrons. The van der Waals surface area contributed by atoms with E-state index < -0.39 is 0 Å². The van der Waals surface area contributed by atoms with Crippen molar-refractivity contribution >= 4 is 28.8 Å². The molecule has 0 saturated heterocycles. The molecule has 0 unspecified atom stereocenters. The molecular formula is C11H16ClNOS. The Hall–Kier alpha value is -0.540. The summed E-state index contributed by atoms with van der Waals surface area (Å²) < 4.78 is 0. The second kappa shape index (κ2) is 4.99. The van der Waals surface area contributed by atoms with Crippen molar-refractivity contribution in [3.05, 3.63) is 22.4 Å². The van der Waals surface area contributed by atoms with E-state index in [2.05, 4.69) is 26.1 Å². The highest BCUT2D eigenvalue weighted by atomic mass is 35.5. The topological polar surface area (TPSA) is 29.1 Å². The number of hydrogen-bond acceptors (Lipinski definition) is 2. The molecule has 1 aromatic heterocycles. The smallest absolute Gasteiger partial charge is 0.235 e. The maximum Gasteiger partial charge on any atom is 0.235 e. The van der Waals surface area contributed by atoms with Crippen LogP contribution in [-0.4, -0.2) is 11.8 Å². The van der Waals surface area contributed by atoms with E-state index >= 15 is 0 Å². The third-order valence-electron chi connectivity index (χ3n) is 2.12. The highest BCUT2D eigenvalue weighted by Crippen LogP contribution is 2.34. The average Bonchev–Trinajstić information content (AvgIpc) is 2.64. The zero-order valence-corrected chi connectivity index (χ0v) is 10.8. The fourth-order valence-corrected chi connectivity index (χ4v) is 2.47. The lowest BCUT2D eigenvalue weighted by Gasteiger charge is -2.30. The quantitative estimate of drug-likeness (QED) is 0.815. The lowest BCUT2D eigenvalue weighted by Crippen LogP contribution is -2.36. The van der Waals surface area contributed by atoms with Gasteiger partial charge in [0.25, 0.3) is 0 Å². The molecule has 0 aliphatic rings. The molecule has 0 fully saturated rings. The van der Waals surface area contributed by atoms with Crippen molar-refractivity contribution in [3.8, 4) is 0 Å². The SMILES string of the molecule is CC(C)(C)[C@H](NC(=O)CCl)c1cccs1. The lowest BCUT2D eigenvalue weighted by atomic mass is 9.86. The first-order valence-electron chi connectivity index (χ1n) is 4.84. The zero-order valence-electron chi connectivity index (χ0n) is 9.21. The Morgan fingerprint density at radius 3 is 2.67 bits per heavy atom. The number of thiophene rings is 1. The van der Waals surface area contributed by atoms with Crippen LogP contribution in [0.3, 0.4) is 0 Å². The Labute approximate surface area is 99.6 Å². The van der Waals surface area contributed by atoms with E-state index in [4.69, 9.17) is 11.6 Å². The monoisotopic (exact) mass is 245 g/mol. The first-order chi connectivity index (χ1) is 6.95. The maximum absolute atomic E-state index is 11.3. The largest absolute Gasteiger partial charge is 0.347 e. The average molecular weight is 246 g/mol. The predicted octanol–water partition coefficient (Wildman–Crippen LogP) is 3.19. The van der Waals surface area contributed by atoms with Gasteiger partial charge in [-0.2, -0.15) is 0 Å². The molecule has 0 saturated carbocycles. The molecule has 1 aromatic rings. The van der Waals surface area contributed by atoms with Gasteiger partial charge in [-0.25, -0.2) is 0 Å². The van der Waals surface area contributed by atoms with Crippen molar-refractivity contribution in [3.63, 3.8) is 0 Å². The molecule has 0 bridgehead atoms. The molecule has 1 N–H and O–H groups in total. The van der Waals surface area contributed by atoms with Gasteiger partial charge in [0.15, 0.2) is 0 Å². The van der Waals surface area contributed by atoms with E-state index in [1.165, 1.54) is 4.88 Å². The highest BCUT2D eigenvalue weighted by Gasteiger charge is 2.28. The summed E-state index contributed by atoms with van der Waals surface area (Å²) in [4.78, 5) is 12.5. The third kappa shape index (κ3) is 3.50. The number of amides is 1. The Morgan fingerprint density at radius 2 is 2.27 bits per heavy atom. The predicted molar refractivity (Wildman–Crippen MR) is 65.4 cm³/mol. The summed E-state index contributed by atoms with van der Waals surface area (Å²) in [7, 11) is 0. The molecule has 0 radical (unpaired) electrons.